The lowest BCUT2D eigenvalue weighted by molar-refractivity contribution is 0.0692. The van der Waals surface area contributed by atoms with Crippen molar-refractivity contribution in [3.8, 4) is 0 Å². The molecule has 0 aliphatic heterocycles. The largest absolute Gasteiger partial charge is 0.476 e. The first-order valence-electron chi connectivity index (χ1n) is 6.10. The number of fused-ring (bicyclic) bond motifs is 1. The van der Waals surface area contributed by atoms with E-state index in [2.05, 4.69) is 9.97 Å². The van der Waals surface area contributed by atoms with E-state index in [-0.39, 0.29) is 11.6 Å². The maximum absolute atomic E-state index is 11.4. The SMILES string of the molecule is CC(C)c1nc(C(=O)O)c2c(C3CC3)csc2n1. The van der Waals surface area contributed by atoms with Crippen LogP contribution in [0.5, 0.6) is 0 Å². The first-order chi connectivity index (χ1) is 8.58. The van der Waals surface area contributed by atoms with Crippen molar-refractivity contribution < 1.29 is 9.90 Å². The molecule has 0 atom stereocenters. The van der Waals surface area contributed by atoms with Crippen LogP contribution in [0.1, 0.15) is 60.4 Å². The van der Waals surface area contributed by atoms with Crippen LogP contribution >= 0.6 is 11.3 Å². The number of nitrogens with zero attached hydrogens (tertiary/aromatic N) is 2. The lowest BCUT2D eigenvalue weighted by Gasteiger charge is -2.06. The molecule has 0 spiro atoms. The molecular weight excluding hydrogens is 248 g/mol. The van der Waals surface area contributed by atoms with Gasteiger partial charge in [0, 0.05) is 11.3 Å². The smallest absolute Gasteiger partial charge is 0.355 e. The van der Waals surface area contributed by atoms with E-state index in [0.29, 0.717) is 11.7 Å². The summed E-state index contributed by atoms with van der Waals surface area (Å²) in [6.45, 7) is 3.95. The summed E-state index contributed by atoms with van der Waals surface area (Å²) in [4.78, 5) is 20.9. The van der Waals surface area contributed by atoms with E-state index in [1.165, 1.54) is 11.3 Å². The number of thiophene rings is 1. The molecule has 2 aromatic rings. The molecule has 0 unspecified atom stereocenters. The maximum Gasteiger partial charge on any atom is 0.355 e. The molecule has 1 aliphatic carbocycles. The topological polar surface area (TPSA) is 63.1 Å². The third-order valence-electron chi connectivity index (χ3n) is 3.22. The predicted octanol–water partition coefficient (Wildman–Crippen LogP) is 3.39. The minimum absolute atomic E-state index is 0.138. The zero-order valence-corrected chi connectivity index (χ0v) is 11.1. The summed E-state index contributed by atoms with van der Waals surface area (Å²) in [7, 11) is 0. The number of rotatable bonds is 3. The fourth-order valence-electron chi connectivity index (χ4n) is 2.09. The zero-order chi connectivity index (χ0) is 12.9. The Bertz CT molecular complexity index is 629. The predicted molar refractivity (Wildman–Crippen MR) is 70.4 cm³/mol. The zero-order valence-electron chi connectivity index (χ0n) is 10.3. The van der Waals surface area contributed by atoms with Gasteiger partial charge in [-0.05, 0) is 29.7 Å². The second-order valence-corrected chi connectivity index (χ2v) is 5.89. The van der Waals surface area contributed by atoms with Gasteiger partial charge in [0.2, 0.25) is 0 Å². The van der Waals surface area contributed by atoms with Crippen LogP contribution in [0.15, 0.2) is 5.38 Å². The van der Waals surface area contributed by atoms with Crippen molar-refractivity contribution in [2.45, 2.75) is 38.5 Å². The monoisotopic (exact) mass is 262 g/mol. The maximum atomic E-state index is 11.4. The van der Waals surface area contributed by atoms with Crippen LogP contribution < -0.4 is 0 Å². The van der Waals surface area contributed by atoms with E-state index in [4.69, 9.17) is 0 Å². The molecule has 1 saturated carbocycles. The van der Waals surface area contributed by atoms with Crippen molar-refractivity contribution in [3.05, 3.63) is 22.5 Å². The molecule has 2 heterocycles. The summed E-state index contributed by atoms with van der Waals surface area (Å²) in [5.41, 5.74) is 1.30. The van der Waals surface area contributed by atoms with Gasteiger partial charge in [0.05, 0.1) is 0 Å². The highest BCUT2D eigenvalue weighted by Gasteiger charge is 2.29. The van der Waals surface area contributed by atoms with Crippen LogP contribution in [0, 0.1) is 0 Å². The van der Waals surface area contributed by atoms with E-state index in [0.717, 1.165) is 28.6 Å². The molecule has 4 nitrogen and oxygen atoms in total. The molecule has 0 bridgehead atoms. The second-order valence-electron chi connectivity index (χ2n) is 5.04. The molecule has 0 saturated heterocycles. The van der Waals surface area contributed by atoms with Crippen molar-refractivity contribution in [1.29, 1.82) is 0 Å². The number of hydrogen-bond donors (Lipinski definition) is 1. The van der Waals surface area contributed by atoms with Gasteiger partial charge < -0.3 is 5.11 Å². The fraction of sp³-hybridized carbons (Fsp3) is 0.462. The van der Waals surface area contributed by atoms with Crippen LogP contribution in [-0.2, 0) is 0 Å². The minimum atomic E-state index is -0.954. The standard InChI is InChI=1S/C13H14N2O2S/c1-6(2)11-14-10(13(16)17)9-8(7-3-4-7)5-18-12(9)15-11/h5-7H,3-4H2,1-2H3,(H,16,17). The highest BCUT2D eigenvalue weighted by atomic mass is 32.1. The Morgan fingerprint density at radius 2 is 2.17 bits per heavy atom. The number of aromatic carboxylic acids is 1. The number of carboxylic acids is 1. The third-order valence-corrected chi connectivity index (χ3v) is 4.11. The van der Waals surface area contributed by atoms with E-state index >= 15 is 0 Å². The number of hydrogen-bond acceptors (Lipinski definition) is 4. The second kappa shape index (κ2) is 4.02. The molecule has 18 heavy (non-hydrogen) atoms. The van der Waals surface area contributed by atoms with E-state index in [1.807, 2.05) is 19.2 Å². The number of aromatic nitrogens is 2. The molecule has 0 aromatic carbocycles. The van der Waals surface area contributed by atoms with Crippen LogP contribution in [0.25, 0.3) is 10.2 Å². The molecule has 1 aliphatic rings. The Morgan fingerprint density at radius 1 is 1.44 bits per heavy atom. The summed E-state index contributed by atoms with van der Waals surface area (Å²) in [5, 5.41) is 12.2. The van der Waals surface area contributed by atoms with Crippen molar-refractivity contribution in [2.75, 3.05) is 0 Å². The fourth-order valence-corrected chi connectivity index (χ4v) is 3.12. The van der Waals surface area contributed by atoms with Gasteiger partial charge in [-0.15, -0.1) is 11.3 Å². The molecular formula is C13H14N2O2S. The summed E-state index contributed by atoms with van der Waals surface area (Å²) >= 11 is 1.53. The summed E-state index contributed by atoms with van der Waals surface area (Å²) in [6.07, 6.45) is 2.30. The molecule has 2 aromatic heterocycles. The van der Waals surface area contributed by atoms with E-state index < -0.39 is 5.97 Å². The minimum Gasteiger partial charge on any atom is -0.476 e. The Labute approximate surface area is 109 Å². The van der Waals surface area contributed by atoms with E-state index in [9.17, 15) is 9.90 Å². The molecule has 5 heteroatoms. The van der Waals surface area contributed by atoms with Gasteiger partial charge in [-0.2, -0.15) is 0 Å². The van der Waals surface area contributed by atoms with Crippen molar-refractivity contribution in [3.63, 3.8) is 0 Å². The molecule has 0 amide bonds. The van der Waals surface area contributed by atoms with Crippen molar-refractivity contribution >= 4 is 27.5 Å². The molecule has 1 N–H and O–H groups in total. The molecule has 1 fully saturated rings. The number of carbonyl (C=O) groups is 1. The highest BCUT2D eigenvalue weighted by molar-refractivity contribution is 7.17. The third kappa shape index (κ3) is 1.79. The van der Waals surface area contributed by atoms with Crippen LogP contribution in [-0.4, -0.2) is 21.0 Å². The average Bonchev–Trinajstić information content (AvgIpc) is 3.07. The van der Waals surface area contributed by atoms with E-state index in [1.54, 1.807) is 0 Å². The molecule has 3 rings (SSSR count). The molecule has 0 radical (unpaired) electrons. The van der Waals surface area contributed by atoms with Gasteiger partial charge in [0.25, 0.3) is 0 Å². The van der Waals surface area contributed by atoms with Crippen LogP contribution in [0.3, 0.4) is 0 Å². The summed E-state index contributed by atoms with van der Waals surface area (Å²) < 4.78 is 0. The first-order valence-corrected chi connectivity index (χ1v) is 6.98. The van der Waals surface area contributed by atoms with Crippen LogP contribution in [0.2, 0.25) is 0 Å². The van der Waals surface area contributed by atoms with Gasteiger partial charge in [0.1, 0.15) is 10.7 Å². The van der Waals surface area contributed by atoms with Gasteiger partial charge in [-0.25, -0.2) is 14.8 Å². The Hall–Kier alpha value is -1.49. The first kappa shape index (κ1) is 11.6. The number of carboxylic acid groups (broad SMARTS) is 1. The van der Waals surface area contributed by atoms with Gasteiger partial charge in [0.15, 0.2) is 5.69 Å². The average molecular weight is 262 g/mol. The van der Waals surface area contributed by atoms with Crippen molar-refractivity contribution in [1.82, 2.24) is 9.97 Å². The lowest BCUT2D eigenvalue weighted by Crippen LogP contribution is -2.07. The Morgan fingerprint density at radius 3 is 2.72 bits per heavy atom. The highest BCUT2D eigenvalue weighted by Crippen LogP contribution is 2.45. The quantitative estimate of drug-likeness (QED) is 0.920. The summed E-state index contributed by atoms with van der Waals surface area (Å²) in [6, 6.07) is 0. The normalized spacial score (nSPS) is 15.5. The van der Waals surface area contributed by atoms with Gasteiger partial charge in [-0.3, -0.25) is 0 Å². The van der Waals surface area contributed by atoms with Gasteiger partial charge in [-0.1, -0.05) is 13.8 Å². The van der Waals surface area contributed by atoms with Gasteiger partial charge >= 0.3 is 5.97 Å². The lowest BCUT2D eigenvalue weighted by atomic mass is 10.1. The molecule has 94 valence electrons. The summed E-state index contributed by atoms with van der Waals surface area (Å²) in [5.74, 6) is 0.318. The Kier molecular flexibility index (Phi) is 2.59. The van der Waals surface area contributed by atoms with Crippen LogP contribution in [0.4, 0.5) is 0 Å². The van der Waals surface area contributed by atoms with Crippen molar-refractivity contribution in [2.24, 2.45) is 0 Å². The Balaban J connectivity index is 2.29.